The minimum Gasteiger partial charge on any atom is -0.435 e. The zero-order valence-electron chi connectivity index (χ0n) is 10.4. The molecule has 2 aromatic rings. The van der Waals surface area contributed by atoms with E-state index >= 15 is 0 Å². The lowest BCUT2D eigenvalue weighted by Crippen LogP contribution is -2.07. The van der Waals surface area contributed by atoms with Gasteiger partial charge in [-0.3, -0.25) is 4.98 Å². The number of anilines is 1. The maximum atomic E-state index is 12.1. The Morgan fingerprint density at radius 1 is 1.16 bits per heavy atom. The summed E-state index contributed by atoms with van der Waals surface area (Å²) in [5, 5.41) is 3.22. The van der Waals surface area contributed by atoms with Crippen molar-refractivity contribution < 1.29 is 13.5 Å². The van der Waals surface area contributed by atoms with Crippen LogP contribution in [0.5, 0.6) is 5.75 Å². The van der Waals surface area contributed by atoms with Crippen molar-refractivity contribution in [2.24, 2.45) is 0 Å². The molecule has 2 rings (SSSR count). The van der Waals surface area contributed by atoms with Gasteiger partial charge in [-0.05, 0) is 36.8 Å². The highest BCUT2D eigenvalue weighted by Gasteiger charge is 2.07. The zero-order valence-corrected chi connectivity index (χ0v) is 10.4. The van der Waals surface area contributed by atoms with Gasteiger partial charge in [0.1, 0.15) is 5.75 Å². The minimum absolute atomic E-state index is 0.0461. The van der Waals surface area contributed by atoms with E-state index in [9.17, 15) is 8.78 Å². The van der Waals surface area contributed by atoms with Crippen LogP contribution in [-0.2, 0) is 0 Å². The second kappa shape index (κ2) is 6.13. The number of benzene rings is 1. The molecule has 1 aromatic heterocycles. The van der Waals surface area contributed by atoms with Crippen LogP contribution in [0.25, 0.3) is 0 Å². The Morgan fingerprint density at radius 3 is 2.58 bits per heavy atom. The Labute approximate surface area is 110 Å². The lowest BCUT2D eigenvalue weighted by atomic mass is 10.1. The summed E-state index contributed by atoms with van der Waals surface area (Å²) in [6.07, 6.45) is 3.42. The standard InChI is InChI=1S/C14H14F2N2O/c1-10(11-5-7-17-8-6-11)18-12-3-2-4-13(9-12)19-14(15)16/h2-10,14,18H,1H3. The molecular weight excluding hydrogens is 250 g/mol. The summed E-state index contributed by atoms with van der Waals surface area (Å²) in [6.45, 7) is -0.830. The molecule has 0 radical (unpaired) electrons. The first-order valence-electron chi connectivity index (χ1n) is 5.86. The van der Waals surface area contributed by atoms with Crippen molar-refractivity contribution in [2.45, 2.75) is 19.6 Å². The molecule has 19 heavy (non-hydrogen) atoms. The number of ether oxygens (including phenoxy) is 1. The number of halogens is 2. The Bertz CT molecular complexity index is 520. The van der Waals surface area contributed by atoms with Gasteiger partial charge in [-0.25, -0.2) is 0 Å². The van der Waals surface area contributed by atoms with E-state index in [1.807, 2.05) is 19.1 Å². The van der Waals surface area contributed by atoms with E-state index in [1.165, 1.54) is 6.07 Å². The van der Waals surface area contributed by atoms with E-state index < -0.39 is 6.61 Å². The topological polar surface area (TPSA) is 34.1 Å². The molecule has 0 aliphatic rings. The van der Waals surface area contributed by atoms with Crippen molar-refractivity contribution in [1.82, 2.24) is 4.98 Å². The first-order valence-corrected chi connectivity index (χ1v) is 5.86. The van der Waals surface area contributed by atoms with E-state index in [-0.39, 0.29) is 11.8 Å². The van der Waals surface area contributed by atoms with Gasteiger partial charge in [-0.2, -0.15) is 8.78 Å². The molecule has 1 aromatic carbocycles. The zero-order chi connectivity index (χ0) is 13.7. The Balaban J connectivity index is 2.06. The van der Waals surface area contributed by atoms with E-state index in [0.717, 1.165) is 11.3 Å². The predicted octanol–water partition coefficient (Wildman–Crippen LogP) is 3.86. The smallest absolute Gasteiger partial charge is 0.387 e. The van der Waals surface area contributed by atoms with E-state index in [4.69, 9.17) is 0 Å². The number of hydrogen-bond donors (Lipinski definition) is 1. The van der Waals surface area contributed by atoms with Crippen LogP contribution in [0.1, 0.15) is 18.5 Å². The van der Waals surface area contributed by atoms with E-state index in [2.05, 4.69) is 15.0 Å². The maximum absolute atomic E-state index is 12.1. The molecule has 1 unspecified atom stereocenters. The van der Waals surface area contributed by atoms with Crippen molar-refractivity contribution in [3.05, 3.63) is 54.4 Å². The van der Waals surface area contributed by atoms with Gasteiger partial charge in [0.2, 0.25) is 0 Å². The van der Waals surface area contributed by atoms with Gasteiger partial charge >= 0.3 is 6.61 Å². The molecule has 0 aliphatic heterocycles. The Morgan fingerprint density at radius 2 is 1.89 bits per heavy atom. The quantitative estimate of drug-likeness (QED) is 0.890. The summed E-state index contributed by atoms with van der Waals surface area (Å²) in [7, 11) is 0. The molecule has 0 aliphatic carbocycles. The van der Waals surface area contributed by atoms with Gasteiger partial charge in [0, 0.05) is 30.2 Å². The number of aromatic nitrogens is 1. The number of nitrogens with zero attached hydrogens (tertiary/aromatic N) is 1. The number of hydrogen-bond acceptors (Lipinski definition) is 3. The van der Waals surface area contributed by atoms with Crippen LogP contribution in [0.15, 0.2) is 48.8 Å². The van der Waals surface area contributed by atoms with Crippen LogP contribution >= 0.6 is 0 Å². The van der Waals surface area contributed by atoms with Crippen LogP contribution in [-0.4, -0.2) is 11.6 Å². The summed E-state index contributed by atoms with van der Waals surface area (Å²) < 4.78 is 28.6. The van der Waals surface area contributed by atoms with Crippen LogP contribution in [0.3, 0.4) is 0 Å². The highest BCUT2D eigenvalue weighted by molar-refractivity contribution is 5.49. The second-order valence-corrected chi connectivity index (χ2v) is 4.05. The molecule has 0 spiro atoms. The molecular formula is C14H14F2N2O. The molecule has 0 fully saturated rings. The fourth-order valence-electron chi connectivity index (χ4n) is 1.75. The van der Waals surface area contributed by atoms with Crippen LogP contribution in [0.4, 0.5) is 14.5 Å². The first-order chi connectivity index (χ1) is 9.15. The summed E-state index contributed by atoms with van der Waals surface area (Å²) in [6, 6.07) is 10.4. The summed E-state index contributed by atoms with van der Waals surface area (Å²) >= 11 is 0. The van der Waals surface area contributed by atoms with Crippen LogP contribution < -0.4 is 10.1 Å². The van der Waals surface area contributed by atoms with Gasteiger partial charge in [-0.1, -0.05) is 6.07 Å². The fourth-order valence-corrected chi connectivity index (χ4v) is 1.75. The molecule has 1 N–H and O–H groups in total. The molecule has 0 bridgehead atoms. The molecule has 3 nitrogen and oxygen atoms in total. The summed E-state index contributed by atoms with van der Waals surface area (Å²) in [4.78, 5) is 3.95. The summed E-state index contributed by atoms with van der Waals surface area (Å²) in [5.74, 6) is 0.141. The fraction of sp³-hybridized carbons (Fsp3) is 0.214. The third-order valence-electron chi connectivity index (χ3n) is 2.65. The molecule has 0 amide bonds. The third kappa shape index (κ3) is 3.91. The van der Waals surface area contributed by atoms with Gasteiger partial charge in [0.15, 0.2) is 0 Å². The number of rotatable bonds is 5. The maximum Gasteiger partial charge on any atom is 0.387 e. The van der Waals surface area contributed by atoms with E-state index in [1.54, 1.807) is 30.6 Å². The average Bonchev–Trinajstić information content (AvgIpc) is 2.39. The van der Waals surface area contributed by atoms with Crippen molar-refractivity contribution >= 4 is 5.69 Å². The lowest BCUT2D eigenvalue weighted by Gasteiger charge is -2.16. The van der Waals surface area contributed by atoms with Gasteiger partial charge < -0.3 is 10.1 Å². The van der Waals surface area contributed by atoms with Crippen molar-refractivity contribution in [3.63, 3.8) is 0 Å². The number of pyridine rings is 1. The van der Waals surface area contributed by atoms with Crippen molar-refractivity contribution in [3.8, 4) is 5.75 Å². The highest BCUT2D eigenvalue weighted by atomic mass is 19.3. The molecule has 0 saturated carbocycles. The highest BCUT2D eigenvalue weighted by Crippen LogP contribution is 2.23. The van der Waals surface area contributed by atoms with Gasteiger partial charge in [0.25, 0.3) is 0 Å². The second-order valence-electron chi connectivity index (χ2n) is 4.05. The average molecular weight is 264 g/mol. The van der Waals surface area contributed by atoms with Crippen LogP contribution in [0, 0.1) is 0 Å². The van der Waals surface area contributed by atoms with Gasteiger partial charge in [-0.15, -0.1) is 0 Å². The normalized spacial score (nSPS) is 12.2. The predicted molar refractivity (Wildman–Crippen MR) is 69.3 cm³/mol. The minimum atomic E-state index is -2.81. The molecule has 1 heterocycles. The monoisotopic (exact) mass is 264 g/mol. The first kappa shape index (κ1) is 13.3. The molecule has 100 valence electrons. The third-order valence-corrected chi connectivity index (χ3v) is 2.65. The largest absolute Gasteiger partial charge is 0.435 e. The van der Waals surface area contributed by atoms with Crippen molar-refractivity contribution in [1.29, 1.82) is 0 Å². The van der Waals surface area contributed by atoms with E-state index in [0.29, 0.717) is 0 Å². The molecule has 5 heteroatoms. The number of alkyl halides is 2. The van der Waals surface area contributed by atoms with Gasteiger partial charge in [0.05, 0.1) is 0 Å². The summed E-state index contributed by atoms with van der Waals surface area (Å²) in [5.41, 5.74) is 1.79. The lowest BCUT2D eigenvalue weighted by molar-refractivity contribution is -0.0498. The Hall–Kier alpha value is -2.17. The molecule has 1 atom stereocenters. The van der Waals surface area contributed by atoms with Crippen LogP contribution in [0.2, 0.25) is 0 Å². The Kier molecular flexibility index (Phi) is 4.28. The van der Waals surface area contributed by atoms with Crippen molar-refractivity contribution in [2.75, 3.05) is 5.32 Å². The molecule has 0 saturated heterocycles. The number of nitrogens with one attached hydrogen (secondary N) is 1. The SMILES string of the molecule is CC(Nc1cccc(OC(F)F)c1)c1ccncc1.